The largest absolute Gasteiger partial charge is 0.492 e. The van der Waals surface area contributed by atoms with E-state index in [1.165, 1.54) is 12.1 Å². The molecule has 0 bridgehead atoms. The summed E-state index contributed by atoms with van der Waals surface area (Å²) in [5, 5.41) is 2.74. The molecule has 0 radical (unpaired) electrons. The first-order chi connectivity index (χ1) is 11.5. The first-order valence-electron chi connectivity index (χ1n) is 7.67. The molecular formula is C18H20F2N2O2. The van der Waals surface area contributed by atoms with E-state index in [0.717, 1.165) is 6.07 Å². The molecule has 0 saturated carbocycles. The summed E-state index contributed by atoms with van der Waals surface area (Å²) in [5.74, 6) is -1.22. The van der Waals surface area contributed by atoms with Crippen LogP contribution in [0.25, 0.3) is 0 Å². The number of anilines is 1. The van der Waals surface area contributed by atoms with Crippen LogP contribution in [0.2, 0.25) is 0 Å². The van der Waals surface area contributed by atoms with Crippen LogP contribution in [0, 0.1) is 11.6 Å². The maximum Gasteiger partial charge on any atom is 0.224 e. The standard InChI is InChI=1S/C18H20F2N2O2/c1-12(16-7-2-13(19)11-17(16)20)10-18(23)22-14-3-5-15(6-4-14)24-9-8-21/h2-7,11-12H,8-10,21H2,1H3,(H,22,23). The van der Waals surface area contributed by atoms with E-state index in [0.29, 0.717) is 30.2 Å². The molecule has 0 aromatic heterocycles. The van der Waals surface area contributed by atoms with Crippen LogP contribution in [0.1, 0.15) is 24.8 Å². The number of carbonyl (C=O) groups excluding carboxylic acids is 1. The van der Waals surface area contributed by atoms with E-state index >= 15 is 0 Å². The summed E-state index contributed by atoms with van der Waals surface area (Å²) >= 11 is 0. The van der Waals surface area contributed by atoms with Crippen molar-refractivity contribution in [3.8, 4) is 5.75 Å². The molecule has 1 amide bonds. The van der Waals surface area contributed by atoms with Crippen LogP contribution in [-0.2, 0) is 4.79 Å². The second-order valence-electron chi connectivity index (χ2n) is 5.48. The Morgan fingerprint density at radius 2 is 1.92 bits per heavy atom. The number of ether oxygens (including phenoxy) is 1. The van der Waals surface area contributed by atoms with Gasteiger partial charge in [-0.05, 0) is 41.8 Å². The summed E-state index contributed by atoms with van der Waals surface area (Å²) in [4.78, 5) is 12.1. The number of hydrogen-bond acceptors (Lipinski definition) is 3. The third-order valence-electron chi connectivity index (χ3n) is 3.51. The van der Waals surface area contributed by atoms with Crippen molar-refractivity contribution >= 4 is 11.6 Å². The summed E-state index contributed by atoms with van der Waals surface area (Å²) in [6, 6.07) is 10.3. The lowest BCUT2D eigenvalue weighted by Gasteiger charge is -2.13. The minimum atomic E-state index is -0.642. The Bertz CT molecular complexity index is 690. The molecule has 0 aliphatic rings. The van der Waals surface area contributed by atoms with Crippen LogP contribution in [0.3, 0.4) is 0 Å². The first-order valence-corrected chi connectivity index (χ1v) is 7.67. The lowest BCUT2D eigenvalue weighted by atomic mass is 9.97. The molecule has 2 aromatic rings. The molecule has 1 atom stereocenters. The number of nitrogens with two attached hydrogens (primary N) is 1. The maximum atomic E-state index is 13.7. The molecular weight excluding hydrogens is 314 g/mol. The van der Waals surface area contributed by atoms with E-state index in [-0.39, 0.29) is 18.2 Å². The molecule has 0 aliphatic heterocycles. The molecule has 24 heavy (non-hydrogen) atoms. The van der Waals surface area contributed by atoms with Crippen molar-refractivity contribution in [1.82, 2.24) is 0 Å². The fraction of sp³-hybridized carbons (Fsp3) is 0.278. The first kappa shape index (κ1) is 17.9. The SMILES string of the molecule is CC(CC(=O)Nc1ccc(OCCN)cc1)c1ccc(F)cc1F. The van der Waals surface area contributed by atoms with Crippen molar-refractivity contribution in [3.05, 3.63) is 59.7 Å². The van der Waals surface area contributed by atoms with Gasteiger partial charge in [0.15, 0.2) is 0 Å². The maximum absolute atomic E-state index is 13.7. The monoisotopic (exact) mass is 334 g/mol. The van der Waals surface area contributed by atoms with Gasteiger partial charge in [0.2, 0.25) is 5.91 Å². The number of hydrogen-bond donors (Lipinski definition) is 2. The van der Waals surface area contributed by atoms with Crippen molar-refractivity contribution in [3.63, 3.8) is 0 Å². The molecule has 0 aliphatic carbocycles. The quantitative estimate of drug-likeness (QED) is 0.815. The van der Waals surface area contributed by atoms with Crippen LogP contribution in [0.5, 0.6) is 5.75 Å². The number of halogens is 2. The molecule has 0 spiro atoms. The van der Waals surface area contributed by atoms with Crippen molar-refractivity contribution in [1.29, 1.82) is 0 Å². The van der Waals surface area contributed by atoms with E-state index in [1.807, 2.05) is 0 Å². The Labute approximate surface area is 139 Å². The summed E-state index contributed by atoms with van der Waals surface area (Å²) < 4.78 is 32.0. The predicted molar refractivity (Wildman–Crippen MR) is 89.0 cm³/mol. The highest BCUT2D eigenvalue weighted by atomic mass is 19.1. The normalized spacial score (nSPS) is 11.8. The Balaban J connectivity index is 1.92. The van der Waals surface area contributed by atoms with Gasteiger partial charge in [0.25, 0.3) is 0 Å². The highest BCUT2D eigenvalue weighted by Gasteiger charge is 2.15. The van der Waals surface area contributed by atoms with Gasteiger partial charge in [-0.25, -0.2) is 8.78 Å². The number of amides is 1. The molecule has 128 valence electrons. The molecule has 0 fully saturated rings. The molecule has 6 heteroatoms. The number of nitrogens with one attached hydrogen (secondary N) is 1. The minimum Gasteiger partial charge on any atom is -0.492 e. The molecule has 0 heterocycles. The van der Waals surface area contributed by atoms with Crippen molar-refractivity contribution < 1.29 is 18.3 Å². The van der Waals surface area contributed by atoms with E-state index in [4.69, 9.17) is 10.5 Å². The van der Waals surface area contributed by atoms with E-state index in [9.17, 15) is 13.6 Å². The van der Waals surface area contributed by atoms with Crippen molar-refractivity contribution in [2.75, 3.05) is 18.5 Å². The zero-order valence-corrected chi connectivity index (χ0v) is 13.4. The third kappa shape index (κ3) is 5.03. The average molecular weight is 334 g/mol. The molecule has 1 unspecified atom stereocenters. The Hall–Kier alpha value is -2.47. The number of carbonyl (C=O) groups is 1. The lowest BCUT2D eigenvalue weighted by molar-refractivity contribution is -0.116. The van der Waals surface area contributed by atoms with E-state index < -0.39 is 11.6 Å². The molecule has 2 rings (SSSR count). The summed E-state index contributed by atoms with van der Waals surface area (Å²) in [6.45, 7) is 2.57. The van der Waals surface area contributed by atoms with E-state index in [2.05, 4.69) is 5.32 Å². The highest BCUT2D eigenvalue weighted by Crippen LogP contribution is 2.23. The summed E-state index contributed by atoms with van der Waals surface area (Å²) in [5.41, 5.74) is 6.29. The van der Waals surface area contributed by atoms with Gasteiger partial charge < -0.3 is 15.8 Å². The lowest BCUT2D eigenvalue weighted by Crippen LogP contribution is -2.15. The Morgan fingerprint density at radius 1 is 1.21 bits per heavy atom. The van der Waals surface area contributed by atoms with Gasteiger partial charge in [0.1, 0.15) is 24.0 Å². The van der Waals surface area contributed by atoms with Crippen LogP contribution < -0.4 is 15.8 Å². The zero-order valence-electron chi connectivity index (χ0n) is 13.4. The number of rotatable bonds is 7. The van der Waals surface area contributed by atoms with Gasteiger partial charge in [-0.15, -0.1) is 0 Å². The topological polar surface area (TPSA) is 64.3 Å². The van der Waals surface area contributed by atoms with Gasteiger partial charge >= 0.3 is 0 Å². The molecule has 3 N–H and O–H groups in total. The molecule has 0 saturated heterocycles. The summed E-state index contributed by atoms with van der Waals surface area (Å²) in [7, 11) is 0. The molecule has 2 aromatic carbocycles. The van der Waals surface area contributed by atoms with Gasteiger partial charge in [-0.3, -0.25) is 4.79 Å². The van der Waals surface area contributed by atoms with E-state index in [1.54, 1.807) is 31.2 Å². The second-order valence-corrected chi connectivity index (χ2v) is 5.48. The van der Waals surface area contributed by atoms with Gasteiger partial charge in [-0.2, -0.15) is 0 Å². The average Bonchev–Trinajstić information content (AvgIpc) is 2.54. The fourth-order valence-electron chi connectivity index (χ4n) is 2.31. The van der Waals surface area contributed by atoms with Crippen molar-refractivity contribution in [2.45, 2.75) is 19.3 Å². The van der Waals surface area contributed by atoms with Crippen LogP contribution in [-0.4, -0.2) is 19.1 Å². The van der Waals surface area contributed by atoms with Crippen LogP contribution in [0.15, 0.2) is 42.5 Å². The second kappa shape index (κ2) is 8.40. The van der Waals surface area contributed by atoms with Crippen LogP contribution in [0.4, 0.5) is 14.5 Å². The van der Waals surface area contributed by atoms with Crippen molar-refractivity contribution in [2.24, 2.45) is 5.73 Å². The van der Waals surface area contributed by atoms with Crippen LogP contribution >= 0.6 is 0 Å². The van der Waals surface area contributed by atoms with Gasteiger partial charge in [0, 0.05) is 24.7 Å². The Morgan fingerprint density at radius 3 is 2.54 bits per heavy atom. The number of benzene rings is 2. The highest BCUT2D eigenvalue weighted by molar-refractivity contribution is 5.91. The zero-order chi connectivity index (χ0) is 17.5. The molecule has 4 nitrogen and oxygen atoms in total. The fourth-order valence-corrected chi connectivity index (χ4v) is 2.31. The smallest absolute Gasteiger partial charge is 0.224 e. The predicted octanol–water partition coefficient (Wildman–Crippen LogP) is 3.43. The van der Waals surface area contributed by atoms with Gasteiger partial charge in [0.05, 0.1) is 0 Å². The Kier molecular flexibility index (Phi) is 6.26. The summed E-state index contributed by atoms with van der Waals surface area (Å²) in [6.07, 6.45) is 0.0912. The van der Waals surface area contributed by atoms with Gasteiger partial charge in [-0.1, -0.05) is 13.0 Å². The minimum absolute atomic E-state index is 0.0912. The third-order valence-corrected chi connectivity index (χ3v) is 3.51.